The lowest BCUT2D eigenvalue weighted by molar-refractivity contribution is -0.137. The van der Waals surface area contributed by atoms with Gasteiger partial charge >= 0.3 is 12.2 Å². The molecule has 2 rings (SSSR count). The molecule has 1 aliphatic heterocycles. The molecule has 1 N–H and O–H groups in total. The van der Waals surface area contributed by atoms with Crippen LogP contribution in [0.4, 0.5) is 23.7 Å². The molecule has 1 saturated heterocycles. The molecule has 1 heterocycles. The number of halogens is 3. The number of nitrogens with one attached hydrogen (secondary N) is 1. The van der Waals surface area contributed by atoms with Gasteiger partial charge in [-0.25, -0.2) is 4.79 Å². The molecular weight excluding hydrogens is 253 g/mol. The average molecular weight is 260 g/mol. The molecule has 1 aromatic rings. The number of carbonyl (C=O) groups is 2. The van der Waals surface area contributed by atoms with E-state index in [1.54, 1.807) is 0 Å². The molecule has 0 unspecified atom stereocenters. The van der Waals surface area contributed by atoms with Gasteiger partial charge < -0.3 is 0 Å². The first-order valence-electron chi connectivity index (χ1n) is 4.82. The Morgan fingerprint density at radius 3 is 2.61 bits per heavy atom. The molecule has 96 valence electrons. The first-order valence-corrected chi connectivity index (χ1v) is 4.82. The van der Waals surface area contributed by atoms with Crippen LogP contribution in [0.2, 0.25) is 0 Å². The van der Waals surface area contributed by atoms with Gasteiger partial charge in [-0.1, -0.05) is 6.07 Å². The second-order valence-corrected chi connectivity index (χ2v) is 3.47. The molecule has 0 aliphatic carbocycles. The SMILES string of the molecule is O=C1CON(c2cccc(C(F)(F)F)c2)C(=O)N1. The van der Waals surface area contributed by atoms with Gasteiger partial charge in [0, 0.05) is 0 Å². The molecule has 0 radical (unpaired) electrons. The molecule has 5 nitrogen and oxygen atoms in total. The van der Waals surface area contributed by atoms with Gasteiger partial charge in [0.1, 0.15) is 0 Å². The summed E-state index contributed by atoms with van der Waals surface area (Å²) in [6.07, 6.45) is -4.52. The smallest absolute Gasteiger partial charge is 0.274 e. The maximum absolute atomic E-state index is 12.5. The summed E-state index contributed by atoms with van der Waals surface area (Å²) < 4.78 is 37.4. The zero-order chi connectivity index (χ0) is 13.3. The van der Waals surface area contributed by atoms with Crippen LogP contribution in [-0.4, -0.2) is 18.5 Å². The van der Waals surface area contributed by atoms with E-state index in [1.807, 2.05) is 5.32 Å². The van der Waals surface area contributed by atoms with Gasteiger partial charge in [-0.2, -0.15) is 18.2 Å². The average Bonchev–Trinajstić information content (AvgIpc) is 2.28. The van der Waals surface area contributed by atoms with Crippen LogP contribution in [0, 0.1) is 0 Å². The number of rotatable bonds is 1. The Bertz CT molecular complexity index is 501. The standard InChI is InChI=1S/C10H7F3N2O3/c11-10(12,13)6-2-1-3-7(4-6)15-9(17)14-8(16)5-18-15/h1-4H,5H2,(H,14,16,17). The third-order valence-corrected chi connectivity index (χ3v) is 2.16. The lowest BCUT2D eigenvalue weighted by Crippen LogP contribution is -2.50. The van der Waals surface area contributed by atoms with Crippen molar-refractivity contribution in [2.75, 3.05) is 11.7 Å². The molecule has 1 aliphatic rings. The monoisotopic (exact) mass is 260 g/mol. The summed E-state index contributed by atoms with van der Waals surface area (Å²) in [5.74, 6) is -0.650. The van der Waals surface area contributed by atoms with Gasteiger partial charge in [-0.15, -0.1) is 0 Å². The van der Waals surface area contributed by atoms with E-state index < -0.39 is 30.3 Å². The molecule has 0 aromatic heterocycles. The molecule has 18 heavy (non-hydrogen) atoms. The number of imide groups is 1. The van der Waals surface area contributed by atoms with Crippen molar-refractivity contribution < 1.29 is 27.6 Å². The Hall–Kier alpha value is -2.09. The molecule has 0 spiro atoms. The molecular formula is C10H7F3N2O3. The van der Waals surface area contributed by atoms with Crippen molar-refractivity contribution in [3.63, 3.8) is 0 Å². The van der Waals surface area contributed by atoms with Crippen LogP contribution in [0.15, 0.2) is 24.3 Å². The molecule has 0 atom stereocenters. The maximum Gasteiger partial charge on any atom is 0.416 e. The summed E-state index contributed by atoms with van der Waals surface area (Å²) in [7, 11) is 0. The Kier molecular flexibility index (Phi) is 2.95. The highest BCUT2D eigenvalue weighted by Crippen LogP contribution is 2.31. The van der Waals surface area contributed by atoms with Gasteiger partial charge in [-0.05, 0) is 18.2 Å². The van der Waals surface area contributed by atoms with Crippen molar-refractivity contribution in [1.29, 1.82) is 0 Å². The number of anilines is 1. The predicted molar refractivity (Wildman–Crippen MR) is 53.4 cm³/mol. The van der Waals surface area contributed by atoms with Crippen LogP contribution in [0.5, 0.6) is 0 Å². The number of benzene rings is 1. The van der Waals surface area contributed by atoms with E-state index in [2.05, 4.69) is 0 Å². The van der Waals surface area contributed by atoms with Crippen molar-refractivity contribution in [3.8, 4) is 0 Å². The number of carbonyl (C=O) groups excluding carboxylic acids is 2. The summed E-state index contributed by atoms with van der Waals surface area (Å²) in [5, 5.41) is 2.54. The van der Waals surface area contributed by atoms with Gasteiger partial charge in [0.05, 0.1) is 11.3 Å². The number of amides is 3. The Labute approximate surface area is 99.1 Å². The van der Waals surface area contributed by atoms with E-state index in [0.29, 0.717) is 5.06 Å². The summed E-state index contributed by atoms with van der Waals surface area (Å²) in [6, 6.07) is 3.12. The van der Waals surface area contributed by atoms with Crippen molar-refractivity contribution in [2.24, 2.45) is 0 Å². The summed E-state index contributed by atoms with van der Waals surface area (Å²) in [4.78, 5) is 26.9. The highest BCUT2D eigenvalue weighted by molar-refractivity contribution is 6.03. The first kappa shape index (κ1) is 12.4. The largest absolute Gasteiger partial charge is 0.416 e. The second kappa shape index (κ2) is 4.30. The quantitative estimate of drug-likeness (QED) is 0.836. The number of hydrogen-bond donors (Lipinski definition) is 1. The maximum atomic E-state index is 12.5. The molecule has 0 bridgehead atoms. The van der Waals surface area contributed by atoms with Crippen LogP contribution in [0.1, 0.15) is 5.56 Å². The fourth-order valence-electron chi connectivity index (χ4n) is 1.39. The van der Waals surface area contributed by atoms with Gasteiger partial charge in [0.25, 0.3) is 5.91 Å². The minimum atomic E-state index is -4.52. The number of alkyl halides is 3. The van der Waals surface area contributed by atoms with E-state index >= 15 is 0 Å². The Balaban J connectivity index is 2.29. The van der Waals surface area contributed by atoms with Crippen molar-refractivity contribution in [3.05, 3.63) is 29.8 Å². The number of hydroxylamine groups is 1. The normalized spacial score (nSPS) is 16.7. The molecule has 8 heteroatoms. The zero-order valence-corrected chi connectivity index (χ0v) is 8.82. The summed E-state index contributed by atoms with van der Waals surface area (Å²) in [5.41, 5.74) is -1.01. The molecule has 1 aromatic carbocycles. The number of nitrogens with zero attached hydrogens (tertiary/aromatic N) is 1. The van der Waals surface area contributed by atoms with E-state index in [4.69, 9.17) is 4.84 Å². The van der Waals surface area contributed by atoms with Crippen LogP contribution in [-0.2, 0) is 15.8 Å². The predicted octanol–water partition coefficient (Wildman–Crippen LogP) is 1.69. The fourth-order valence-corrected chi connectivity index (χ4v) is 1.39. The zero-order valence-electron chi connectivity index (χ0n) is 8.82. The minimum Gasteiger partial charge on any atom is -0.274 e. The van der Waals surface area contributed by atoms with Crippen LogP contribution >= 0.6 is 0 Å². The lowest BCUT2D eigenvalue weighted by Gasteiger charge is -2.25. The highest BCUT2D eigenvalue weighted by atomic mass is 19.4. The first-order chi connectivity index (χ1) is 8.38. The van der Waals surface area contributed by atoms with Gasteiger partial charge in [0.2, 0.25) is 0 Å². The van der Waals surface area contributed by atoms with Gasteiger partial charge in [0.15, 0.2) is 6.61 Å². The van der Waals surface area contributed by atoms with Crippen LogP contribution in [0.3, 0.4) is 0 Å². The summed E-state index contributed by atoms with van der Waals surface area (Å²) in [6.45, 7) is -0.429. The lowest BCUT2D eigenvalue weighted by atomic mass is 10.2. The van der Waals surface area contributed by atoms with Gasteiger partial charge in [-0.3, -0.25) is 14.9 Å². The summed E-state index contributed by atoms with van der Waals surface area (Å²) >= 11 is 0. The van der Waals surface area contributed by atoms with E-state index in [9.17, 15) is 22.8 Å². The van der Waals surface area contributed by atoms with E-state index in [1.165, 1.54) is 6.07 Å². The van der Waals surface area contributed by atoms with Crippen LogP contribution in [0.25, 0.3) is 0 Å². The molecule has 3 amide bonds. The minimum absolute atomic E-state index is 0.102. The Morgan fingerprint density at radius 1 is 1.28 bits per heavy atom. The van der Waals surface area contributed by atoms with Crippen molar-refractivity contribution in [2.45, 2.75) is 6.18 Å². The number of urea groups is 1. The Morgan fingerprint density at radius 2 is 2.00 bits per heavy atom. The second-order valence-electron chi connectivity index (χ2n) is 3.47. The number of hydrogen-bond acceptors (Lipinski definition) is 3. The van der Waals surface area contributed by atoms with Crippen molar-refractivity contribution >= 4 is 17.6 Å². The van der Waals surface area contributed by atoms with Crippen molar-refractivity contribution in [1.82, 2.24) is 5.32 Å². The fraction of sp³-hybridized carbons (Fsp3) is 0.200. The van der Waals surface area contributed by atoms with E-state index in [0.717, 1.165) is 18.2 Å². The molecule has 1 fully saturated rings. The van der Waals surface area contributed by atoms with Crippen LogP contribution < -0.4 is 10.4 Å². The highest BCUT2D eigenvalue weighted by Gasteiger charge is 2.32. The molecule has 0 saturated carbocycles. The van der Waals surface area contributed by atoms with E-state index in [-0.39, 0.29) is 5.69 Å². The third kappa shape index (κ3) is 2.43. The third-order valence-electron chi connectivity index (χ3n) is 2.16. The topological polar surface area (TPSA) is 58.6 Å².